The second-order valence-corrected chi connectivity index (χ2v) is 6.79. The highest BCUT2D eigenvalue weighted by Crippen LogP contribution is 2.15. The first-order chi connectivity index (χ1) is 12.6. The van der Waals surface area contributed by atoms with Gasteiger partial charge in [0.2, 0.25) is 5.91 Å². The van der Waals surface area contributed by atoms with Crippen molar-refractivity contribution in [1.82, 2.24) is 15.5 Å². The standard InChI is InChI=1S/C18H19N3O4S/c22-16-10-20-18(24)21(16)11-13-4-1-2-6-15(13)17(23)19-7-9-26-12-14-5-3-8-25-14/h1-6,8H,7,9-12H2,(H,19,23)(H,20,24). The normalized spacial score (nSPS) is 13.8. The van der Waals surface area contributed by atoms with Gasteiger partial charge in [0.25, 0.3) is 5.91 Å². The van der Waals surface area contributed by atoms with Crippen molar-refractivity contribution in [1.29, 1.82) is 0 Å². The predicted octanol–water partition coefficient (Wildman–Crippen LogP) is 1.99. The van der Waals surface area contributed by atoms with Gasteiger partial charge >= 0.3 is 6.03 Å². The van der Waals surface area contributed by atoms with E-state index in [1.54, 1.807) is 42.3 Å². The molecule has 2 N–H and O–H groups in total. The van der Waals surface area contributed by atoms with Gasteiger partial charge in [0.15, 0.2) is 0 Å². The Labute approximate surface area is 155 Å². The van der Waals surface area contributed by atoms with Gasteiger partial charge in [-0.2, -0.15) is 11.8 Å². The van der Waals surface area contributed by atoms with E-state index in [-0.39, 0.29) is 24.9 Å². The van der Waals surface area contributed by atoms with Crippen molar-refractivity contribution in [2.75, 3.05) is 18.8 Å². The largest absolute Gasteiger partial charge is 0.468 e. The first-order valence-corrected chi connectivity index (χ1v) is 9.35. The molecule has 1 aliphatic rings. The van der Waals surface area contributed by atoms with E-state index < -0.39 is 6.03 Å². The average Bonchev–Trinajstić information content (AvgIpc) is 3.27. The summed E-state index contributed by atoms with van der Waals surface area (Å²) in [5, 5.41) is 5.35. The molecule has 0 unspecified atom stereocenters. The molecule has 2 heterocycles. The molecule has 1 fully saturated rings. The predicted molar refractivity (Wildman–Crippen MR) is 97.6 cm³/mol. The third-order valence-electron chi connectivity index (χ3n) is 3.88. The summed E-state index contributed by atoms with van der Waals surface area (Å²) in [6.45, 7) is 0.600. The lowest BCUT2D eigenvalue weighted by Gasteiger charge is -2.15. The van der Waals surface area contributed by atoms with Gasteiger partial charge in [0.1, 0.15) is 5.76 Å². The van der Waals surface area contributed by atoms with E-state index in [4.69, 9.17) is 4.42 Å². The van der Waals surface area contributed by atoms with E-state index in [2.05, 4.69) is 10.6 Å². The molecular weight excluding hydrogens is 354 g/mol. The highest BCUT2D eigenvalue weighted by atomic mass is 32.2. The number of nitrogens with zero attached hydrogens (tertiary/aromatic N) is 1. The van der Waals surface area contributed by atoms with Crippen molar-refractivity contribution in [3.05, 3.63) is 59.5 Å². The molecule has 26 heavy (non-hydrogen) atoms. The van der Waals surface area contributed by atoms with Crippen LogP contribution in [-0.4, -0.2) is 41.6 Å². The molecule has 1 aliphatic heterocycles. The van der Waals surface area contributed by atoms with Crippen molar-refractivity contribution in [3.8, 4) is 0 Å². The Morgan fingerprint density at radius 2 is 2.08 bits per heavy atom. The molecular formula is C18H19N3O4S. The van der Waals surface area contributed by atoms with Crippen molar-refractivity contribution in [3.63, 3.8) is 0 Å². The molecule has 0 aliphatic carbocycles. The van der Waals surface area contributed by atoms with Gasteiger partial charge in [-0.05, 0) is 23.8 Å². The maximum Gasteiger partial charge on any atom is 0.324 e. The highest BCUT2D eigenvalue weighted by Gasteiger charge is 2.29. The number of urea groups is 1. The van der Waals surface area contributed by atoms with Crippen LogP contribution in [0.2, 0.25) is 0 Å². The average molecular weight is 373 g/mol. The molecule has 1 saturated heterocycles. The van der Waals surface area contributed by atoms with Crippen LogP contribution in [0.15, 0.2) is 47.1 Å². The monoisotopic (exact) mass is 373 g/mol. The first kappa shape index (κ1) is 18.1. The Morgan fingerprint density at radius 1 is 1.23 bits per heavy atom. The Balaban J connectivity index is 1.52. The minimum absolute atomic E-state index is 0.0000879. The summed E-state index contributed by atoms with van der Waals surface area (Å²) in [7, 11) is 0. The third-order valence-corrected chi connectivity index (χ3v) is 4.87. The van der Waals surface area contributed by atoms with Gasteiger partial charge in [-0.1, -0.05) is 18.2 Å². The van der Waals surface area contributed by atoms with E-state index >= 15 is 0 Å². The summed E-state index contributed by atoms with van der Waals surface area (Å²) in [4.78, 5) is 37.0. The van der Waals surface area contributed by atoms with Crippen LogP contribution < -0.4 is 10.6 Å². The third kappa shape index (κ3) is 4.45. The van der Waals surface area contributed by atoms with Crippen molar-refractivity contribution in [2.24, 2.45) is 0 Å². The molecule has 8 heteroatoms. The lowest BCUT2D eigenvalue weighted by atomic mass is 10.1. The van der Waals surface area contributed by atoms with Gasteiger partial charge < -0.3 is 15.1 Å². The second kappa shape index (κ2) is 8.57. The number of thioether (sulfide) groups is 1. The zero-order valence-corrected chi connectivity index (χ0v) is 14.9. The highest BCUT2D eigenvalue weighted by molar-refractivity contribution is 7.98. The van der Waals surface area contributed by atoms with Gasteiger partial charge in [-0.3, -0.25) is 14.5 Å². The lowest BCUT2D eigenvalue weighted by Crippen LogP contribution is -2.32. The number of nitrogens with one attached hydrogen (secondary N) is 2. The molecule has 0 spiro atoms. The lowest BCUT2D eigenvalue weighted by molar-refractivity contribution is -0.125. The van der Waals surface area contributed by atoms with E-state index in [9.17, 15) is 14.4 Å². The quantitative estimate of drug-likeness (QED) is 0.545. The number of hydrogen-bond acceptors (Lipinski definition) is 5. The molecule has 1 aromatic heterocycles. The first-order valence-electron chi connectivity index (χ1n) is 8.19. The molecule has 2 aromatic rings. The maximum absolute atomic E-state index is 12.5. The number of carbonyl (C=O) groups excluding carboxylic acids is 3. The number of furan rings is 1. The minimum atomic E-state index is -0.431. The second-order valence-electron chi connectivity index (χ2n) is 5.68. The Morgan fingerprint density at radius 3 is 2.81 bits per heavy atom. The van der Waals surface area contributed by atoms with E-state index in [1.807, 2.05) is 12.1 Å². The van der Waals surface area contributed by atoms with Gasteiger partial charge in [0.05, 0.1) is 25.1 Å². The molecule has 3 rings (SSSR count). The van der Waals surface area contributed by atoms with Crippen LogP contribution in [0.1, 0.15) is 21.7 Å². The molecule has 4 amide bonds. The summed E-state index contributed by atoms with van der Waals surface area (Å²) >= 11 is 1.66. The minimum Gasteiger partial charge on any atom is -0.468 e. The smallest absolute Gasteiger partial charge is 0.324 e. The molecule has 0 saturated carbocycles. The number of benzene rings is 1. The van der Waals surface area contributed by atoms with Crippen LogP contribution in [0.5, 0.6) is 0 Å². The number of rotatable bonds is 8. The summed E-state index contributed by atoms with van der Waals surface area (Å²) < 4.78 is 5.25. The fourth-order valence-electron chi connectivity index (χ4n) is 2.56. The number of carbonyl (C=O) groups is 3. The van der Waals surface area contributed by atoms with Crippen LogP contribution >= 0.6 is 11.8 Å². The van der Waals surface area contributed by atoms with Crippen molar-refractivity contribution >= 4 is 29.6 Å². The number of imide groups is 1. The fourth-order valence-corrected chi connectivity index (χ4v) is 3.32. The van der Waals surface area contributed by atoms with Crippen LogP contribution in [0, 0.1) is 0 Å². The van der Waals surface area contributed by atoms with Crippen LogP contribution in [0.3, 0.4) is 0 Å². The summed E-state index contributed by atoms with van der Waals surface area (Å²) in [6.07, 6.45) is 1.64. The summed E-state index contributed by atoms with van der Waals surface area (Å²) in [5.74, 6) is 1.90. The van der Waals surface area contributed by atoms with E-state index in [0.717, 1.165) is 22.2 Å². The van der Waals surface area contributed by atoms with Crippen molar-refractivity contribution in [2.45, 2.75) is 12.3 Å². The Kier molecular flexibility index (Phi) is 5.96. The van der Waals surface area contributed by atoms with Crippen molar-refractivity contribution < 1.29 is 18.8 Å². The van der Waals surface area contributed by atoms with E-state index in [1.165, 1.54) is 0 Å². The molecule has 0 atom stereocenters. The van der Waals surface area contributed by atoms with Gasteiger partial charge in [-0.25, -0.2) is 4.79 Å². The Bertz CT molecular complexity index is 775. The van der Waals surface area contributed by atoms with Crippen LogP contribution in [0.4, 0.5) is 4.79 Å². The summed E-state index contributed by atoms with van der Waals surface area (Å²) in [5.41, 5.74) is 1.11. The molecule has 1 aromatic carbocycles. The van der Waals surface area contributed by atoms with Crippen LogP contribution in [-0.2, 0) is 17.1 Å². The van der Waals surface area contributed by atoms with E-state index in [0.29, 0.717) is 17.7 Å². The SMILES string of the molecule is O=C(NCCSCc1ccco1)c1ccccc1CN1C(=O)CNC1=O. The molecule has 0 bridgehead atoms. The molecule has 7 nitrogen and oxygen atoms in total. The zero-order valence-electron chi connectivity index (χ0n) is 14.1. The maximum atomic E-state index is 12.5. The number of amides is 4. The Hall–Kier alpha value is -2.74. The zero-order chi connectivity index (χ0) is 18.4. The topological polar surface area (TPSA) is 91.7 Å². The van der Waals surface area contributed by atoms with Crippen LogP contribution in [0.25, 0.3) is 0 Å². The van der Waals surface area contributed by atoms with Gasteiger partial charge in [0, 0.05) is 17.9 Å². The van der Waals surface area contributed by atoms with Gasteiger partial charge in [-0.15, -0.1) is 0 Å². The number of hydrogen-bond donors (Lipinski definition) is 2. The summed E-state index contributed by atoms with van der Waals surface area (Å²) in [6, 6.07) is 10.3. The molecule has 0 radical (unpaired) electrons. The molecule has 136 valence electrons. The fraction of sp³-hybridized carbons (Fsp3) is 0.278.